The molecule has 0 aliphatic carbocycles. The molecule has 1 aromatic carbocycles. The Morgan fingerprint density at radius 2 is 2.10 bits per heavy atom. The van der Waals surface area contributed by atoms with Gasteiger partial charge in [-0.15, -0.1) is 0 Å². The number of hydrogen-bond acceptors (Lipinski definition) is 5. The standard InChI is InChI=1S/C16H21N3O2/c1-12-4-6-13(7-5-12)17-10-8-14-18-15(19-21-14)16(2)9-3-11-20-16/h4-7,17H,3,8-11H2,1-2H3. The second kappa shape index (κ2) is 5.85. The fraction of sp³-hybridized carbons (Fsp3) is 0.500. The van der Waals surface area contributed by atoms with Gasteiger partial charge in [-0.05, 0) is 38.8 Å². The number of nitrogens with zero attached hydrogens (tertiary/aromatic N) is 2. The van der Waals surface area contributed by atoms with E-state index < -0.39 is 0 Å². The summed E-state index contributed by atoms with van der Waals surface area (Å²) in [6, 6.07) is 8.32. The Kier molecular flexibility index (Phi) is 3.92. The van der Waals surface area contributed by atoms with E-state index >= 15 is 0 Å². The van der Waals surface area contributed by atoms with Crippen molar-refractivity contribution in [2.75, 3.05) is 18.5 Å². The van der Waals surface area contributed by atoms with E-state index in [0.29, 0.717) is 18.1 Å². The van der Waals surface area contributed by atoms with Gasteiger partial charge in [-0.3, -0.25) is 0 Å². The lowest BCUT2D eigenvalue weighted by molar-refractivity contribution is 0.00768. The van der Waals surface area contributed by atoms with Crippen LogP contribution in [0.2, 0.25) is 0 Å². The third-order valence-electron chi connectivity index (χ3n) is 3.88. The first-order valence-electron chi connectivity index (χ1n) is 7.43. The summed E-state index contributed by atoms with van der Waals surface area (Å²) in [7, 11) is 0. The lowest BCUT2D eigenvalue weighted by Gasteiger charge is -2.17. The van der Waals surface area contributed by atoms with Crippen molar-refractivity contribution in [2.45, 2.75) is 38.7 Å². The highest BCUT2D eigenvalue weighted by Gasteiger charge is 2.36. The molecule has 0 spiro atoms. The number of nitrogens with one attached hydrogen (secondary N) is 1. The zero-order chi connectivity index (χ0) is 14.7. The summed E-state index contributed by atoms with van der Waals surface area (Å²) in [5.41, 5.74) is 1.99. The first kappa shape index (κ1) is 14.1. The minimum absolute atomic E-state index is 0.369. The van der Waals surface area contributed by atoms with E-state index in [9.17, 15) is 0 Å². The third kappa shape index (κ3) is 3.24. The van der Waals surface area contributed by atoms with Crippen LogP contribution in [0, 0.1) is 6.92 Å². The lowest BCUT2D eigenvalue weighted by Crippen LogP contribution is -2.21. The van der Waals surface area contributed by atoms with Gasteiger partial charge in [0, 0.05) is 25.3 Å². The molecular formula is C16H21N3O2. The van der Waals surface area contributed by atoms with Crippen molar-refractivity contribution in [2.24, 2.45) is 0 Å². The summed E-state index contributed by atoms with van der Waals surface area (Å²) in [6.07, 6.45) is 2.71. The Balaban J connectivity index is 1.54. The van der Waals surface area contributed by atoms with Crippen molar-refractivity contribution >= 4 is 5.69 Å². The number of ether oxygens (including phenoxy) is 1. The molecule has 2 heterocycles. The number of rotatable bonds is 5. The minimum atomic E-state index is -0.369. The van der Waals surface area contributed by atoms with E-state index in [-0.39, 0.29) is 5.60 Å². The molecule has 0 bridgehead atoms. The van der Waals surface area contributed by atoms with Crippen molar-refractivity contribution in [3.63, 3.8) is 0 Å². The van der Waals surface area contributed by atoms with Crippen molar-refractivity contribution in [3.8, 4) is 0 Å². The van der Waals surface area contributed by atoms with E-state index in [2.05, 4.69) is 46.6 Å². The molecule has 112 valence electrons. The maximum Gasteiger partial charge on any atom is 0.228 e. The zero-order valence-corrected chi connectivity index (χ0v) is 12.6. The fourth-order valence-electron chi connectivity index (χ4n) is 2.51. The number of aryl methyl sites for hydroxylation is 1. The van der Waals surface area contributed by atoms with Gasteiger partial charge in [-0.1, -0.05) is 22.9 Å². The molecule has 1 fully saturated rings. The second-order valence-corrected chi connectivity index (χ2v) is 5.74. The normalized spacial score (nSPS) is 21.6. The van der Waals surface area contributed by atoms with Gasteiger partial charge in [0.2, 0.25) is 11.7 Å². The molecule has 21 heavy (non-hydrogen) atoms. The molecule has 1 N–H and O–H groups in total. The van der Waals surface area contributed by atoms with Gasteiger partial charge >= 0.3 is 0 Å². The van der Waals surface area contributed by atoms with Crippen LogP contribution in [0.5, 0.6) is 0 Å². The monoisotopic (exact) mass is 287 g/mol. The highest BCUT2D eigenvalue weighted by Crippen LogP contribution is 2.33. The van der Waals surface area contributed by atoms with Crippen LogP contribution >= 0.6 is 0 Å². The quantitative estimate of drug-likeness (QED) is 0.915. The summed E-state index contributed by atoms with van der Waals surface area (Å²) in [6.45, 7) is 5.65. The summed E-state index contributed by atoms with van der Waals surface area (Å²) in [5, 5.41) is 7.42. The molecule has 0 amide bonds. The van der Waals surface area contributed by atoms with E-state index in [1.54, 1.807) is 0 Å². The van der Waals surface area contributed by atoms with Crippen LogP contribution in [0.3, 0.4) is 0 Å². The van der Waals surface area contributed by atoms with Crippen LogP contribution in [0.1, 0.15) is 37.0 Å². The van der Waals surface area contributed by atoms with Crippen LogP contribution in [0.4, 0.5) is 5.69 Å². The Bertz CT molecular complexity index is 586. The Morgan fingerprint density at radius 1 is 1.29 bits per heavy atom. The average Bonchev–Trinajstić information content (AvgIpc) is 3.11. The van der Waals surface area contributed by atoms with Gasteiger partial charge in [0.25, 0.3) is 0 Å². The fourth-order valence-corrected chi connectivity index (χ4v) is 2.51. The molecule has 1 unspecified atom stereocenters. The minimum Gasteiger partial charge on any atom is -0.385 e. The van der Waals surface area contributed by atoms with Gasteiger partial charge in [0.1, 0.15) is 5.60 Å². The summed E-state index contributed by atoms with van der Waals surface area (Å²) in [5.74, 6) is 1.33. The number of hydrogen-bond donors (Lipinski definition) is 1. The predicted octanol–water partition coefficient (Wildman–Crippen LogP) is 3.06. The van der Waals surface area contributed by atoms with Gasteiger partial charge in [0.05, 0.1) is 0 Å². The Hall–Kier alpha value is -1.88. The topological polar surface area (TPSA) is 60.2 Å². The molecule has 2 aromatic rings. The van der Waals surface area contributed by atoms with Crippen LogP contribution in [0.15, 0.2) is 28.8 Å². The summed E-state index contributed by atoms with van der Waals surface area (Å²) >= 11 is 0. The van der Waals surface area contributed by atoms with E-state index in [1.807, 2.05) is 6.92 Å². The second-order valence-electron chi connectivity index (χ2n) is 5.74. The SMILES string of the molecule is Cc1ccc(NCCc2nc(C3(C)CCCO3)no2)cc1. The molecule has 0 radical (unpaired) electrons. The molecule has 1 aliphatic heterocycles. The molecule has 1 aromatic heterocycles. The van der Waals surface area contributed by atoms with Gasteiger partial charge in [-0.2, -0.15) is 4.98 Å². The van der Waals surface area contributed by atoms with Crippen LogP contribution in [-0.2, 0) is 16.8 Å². The van der Waals surface area contributed by atoms with Gasteiger partial charge < -0.3 is 14.6 Å². The Morgan fingerprint density at radius 3 is 2.81 bits per heavy atom. The molecular weight excluding hydrogens is 266 g/mol. The smallest absolute Gasteiger partial charge is 0.228 e. The number of benzene rings is 1. The van der Waals surface area contributed by atoms with Crippen molar-refractivity contribution in [3.05, 3.63) is 41.5 Å². The van der Waals surface area contributed by atoms with Crippen LogP contribution < -0.4 is 5.32 Å². The van der Waals surface area contributed by atoms with E-state index in [4.69, 9.17) is 9.26 Å². The number of aromatic nitrogens is 2. The lowest BCUT2D eigenvalue weighted by atomic mass is 10.0. The first-order chi connectivity index (χ1) is 10.2. The van der Waals surface area contributed by atoms with Gasteiger partial charge in [-0.25, -0.2) is 0 Å². The van der Waals surface area contributed by atoms with E-state index in [0.717, 1.165) is 31.7 Å². The highest BCUT2D eigenvalue weighted by molar-refractivity contribution is 5.44. The molecule has 1 aliphatic rings. The van der Waals surface area contributed by atoms with E-state index in [1.165, 1.54) is 5.56 Å². The highest BCUT2D eigenvalue weighted by atomic mass is 16.5. The molecule has 1 saturated heterocycles. The van der Waals surface area contributed by atoms with Crippen LogP contribution in [-0.4, -0.2) is 23.3 Å². The molecule has 3 rings (SSSR count). The molecule has 1 atom stereocenters. The first-order valence-corrected chi connectivity index (χ1v) is 7.43. The molecule has 5 nitrogen and oxygen atoms in total. The van der Waals surface area contributed by atoms with Crippen LogP contribution in [0.25, 0.3) is 0 Å². The maximum absolute atomic E-state index is 5.72. The largest absolute Gasteiger partial charge is 0.385 e. The maximum atomic E-state index is 5.72. The van der Waals surface area contributed by atoms with Crippen molar-refractivity contribution in [1.82, 2.24) is 10.1 Å². The van der Waals surface area contributed by atoms with Gasteiger partial charge in [0.15, 0.2) is 0 Å². The van der Waals surface area contributed by atoms with Crippen molar-refractivity contribution < 1.29 is 9.26 Å². The molecule has 0 saturated carbocycles. The average molecular weight is 287 g/mol. The summed E-state index contributed by atoms with van der Waals surface area (Å²) < 4.78 is 11.0. The van der Waals surface area contributed by atoms with Crippen molar-refractivity contribution in [1.29, 1.82) is 0 Å². The predicted molar refractivity (Wildman–Crippen MR) is 80.2 cm³/mol. The Labute approximate surface area is 124 Å². The summed E-state index contributed by atoms with van der Waals surface area (Å²) in [4.78, 5) is 4.47. The zero-order valence-electron chi connectivity index (χ0n) is 12.6. The third-order valence-corrected chi connectivity index (χ3v) is 3.88. The molecule has 5 heteroatoms. The number of anilines is 1.